The molecular weight excluding hydrogens is 300 g/mol. The Labute approximate surface area is 144 Å². The van der Waals surface area contributed by atoms with Crippen molar-refractivity contribution < 1.29 is 9.59 Å². The van der Waals surface area contributed by atoms with Crippen LogP contribution in [0.1, 0.15) is 57.6 Å². The second-order valence-corrected chi connectivity index (χ2v) is 7.28. The Balaban J connectivity index is 1.74. The molecule has 2 aliphatic rings. The largest absolute Gasteiger partial charge is 0.353 e. The summed E-state index contributed by atoms with van der Waals surface area (Å²) in [4.78, 5) is 27.3. The fourth-order valence-electron chi connectivity index (χ4n) is 3.48. The van der Waals surface area contributed by atoms with Crippen LogP contribution in [0.25, 0.3) is 0 Å². The number of hydrogen-bond donors (Lipinski definition) is 1. The Kier molecular flexibility index (Phi) is 5.22. The van der Waals surface area contributed by atoms with Gasteiger partial charge < -0.3 is 10.2 Å². The molecule has 2 amide bonds. The van der Waals surface area contributed by atoms with Gasteiger partial charge in [-0.15, -0.1) is 0 Å². The Morgan fingerprint density at radius 1 is 1.12 bits per heavy atom. The van der Waals surface area contributed by atoms with E-state index in [4.69, 9.17) is 0 Å². The molecule has 1 aromatic rings. The van der Waals surface area contributed by atoms with Gasteiger partial charge in [0.25, 0.3) is 0 Å². The van der Waals surface area contributed by atoms with Gasteiger partial charge in [0, 0.05) is 18.5 Å². The number of amides is 2. The number of rotatable bonds is 5. The average molecular weight is 328 g/mol. The molecule has 2 fully saturated rings. The molecule has 1 aliphatic carbocycles. The summed E-state index contributed by atoms with van der Waals surface area (Å²) in [5.74, 6) is 0.448. The van der Waals surface area contributed by atoms with E-state index in [1.165, 1.54) is 5.56 Å². The van der Waals surface area contributed by atoms with Gasteiger partial charge in [0.2, 0.25) is 11.8 Å². The normalized spacial score (nSPS) is 25.2. The molecule has 4 nitrogen and oxygen atoms in total. The summed E-state index contributed by atoms with van der Waals surface area (Å²) in [6.45, 7) is 4.65. The number of nitrogens with one attached hydrogen (secondary N) is 1. The highest BCUT2D eigenvalue weighted by molar-refractivity contribution is 5.84. The fourth-order valence-corrected chi connectivity index (χ4v) is 3.48. The molecule has 4 heteroatoms. The highest BCUT2D eigenvalue weighted by atomic mass is 16.2. The van der Waals surface area contributed by atoms with Crippen LogP contribution in [-0.4, -0.2) is 29.3 Å². The van der Waals surface area contributed by atoms with Gasteiger partial charge in [0.1, 0.15) is 0 Å². The number of piperidine rings is 1. The van der Waals surface area contributed by atoms with E-state index < -0.39 is 0 Å². The van der Waals surface area contributed by atoms with Crippen LogP contribution in [0.5, 0.6) is 0 Å². The highest BCUT2D eigenvalue weighted by Gasteiger charge is 2.41. The number of benzene rings is 1. The number of carbonyl (C=O) groups excluding carboxylic acids is 2. The third-order valence-electron chi connectivity index (χ3n) is 5.35. The molecule has 3 rings (SSSR count). The average Bonchev–Trinajstić information content (AvgIpc) is 3.46. The van der Waals surface area contributed by atoms with Crippen molar-refractivity contribution in [2.24, 2.45) is 11.8 Å². The summed E-state index contributed by atoms with van der Waals surface area (Å²) >= 11 is 0. The zero-order valence-electron chi connectivity index (χ0n) is 14.7. The van der Waals surface area contributed by atoms with E-state index in [2.05, 4.69) is 24.4 Å². The summed E-state index contributed by atoms with van der Waals surface area (Å²) in [5, 5.41) is 3.08. The van der Waals surface area contributed by atoms with E-state index in [1.54, 1.807) is 0 Å². The second-order valence-electron chi connectivity index (χ2n) is 7.28. The summed E-state index contributed by atoms with van der Waals surface area (Å²) in [5.41, 5.74) is 1.19. The van der Waals surface area contributed by atoms with Crippen molar-refractivity contribution in [3.8, 4) is 0 Å². The zero-order chi connectivity index (χ0) is 17.1. The number of hydrogen-bond acceptors (Lipinski definition) is 2. The van der Waals surface area contributed by atoms with Gasteiger partial charge in [-0.3, -0.25) is 9.59 Å². The smallest absolute Gasteiger partial charge is 0.226 e. The summed E-state index contributed by atoms with van der Waals surface area (Å²) < 4.78 is 0. The summed E-state index contributed by atoms with van der Waals surface area (Å²) in [7, 11) is 0. The maximum atomic E-state index is 12.8. The van der Waals surface area contributed by atoms with Crippen LogP contribution in [0.15, 0.2) is 30.3 Å². The molecule has 1 saturated carbocycles. The van der Waals surface area contributed by atoms with Gasteiger partial charge in [-0.05, 0) is 44.6 Å². The molecule has 1 aromatic carbocycles. The molecule has 24 heavy (non-hydrogen) atoms. The second kappa shape index (κ2) is 7.37. The van der Waals surface area contributed by atoms with E-state index in [1.807, 2.05) is 30.0 Å². The SMILES string of the molecule is CCC(C)NC(=O)C1CCC(c2ccccc2)N(C(=O)C2CC2)C1. The van der Waals surface area contributed by atoms with Crippen LogP contribution in [0.2, 0.25) is 0 Å². The predicted molar refractivity (Wildman–Crippen MR) is 94.2 cm³/mol. The first-order valence-corrected chi connectivity index (χ1v) is 9.26. The first kappa shape index (κ1) is 17.0. The van der Waals surface area contributed by atoms with Crippen molar-refractivity contribution >= 4 is 11.8 Å². The van der Waals surface area contributed by atoms with Gasteiger partial charge in [-0.2, -0.15) is 0 Å². The minimum Gasteiger partial charge on any atom is -0.353 e. The van der Waals surface area contributed by atoms with Crippen LogP contribution in [0, 0.1) is 11.8 Å². The lowest BCUT2D eigenvalue weighted by Gasteiger charge is -2.40. The van der Waals surface area contributed by atoms with E-state index >= 15 is 0 Å². The Morgan fingerprint density at radius 3 is 2.42 bits per heavy atom. The van der Waals surface area contributed by atoms with Crippen LogP contribution in [-0.2, 0) is 9.59 Å². The van der Waals surface area contributed by atoms with Crippen LogP contribution >= 0.6 is 0 Å². The van der Waals surface area contributed by atoms with E-state index in [-0.39, 0.29) is 35.7 Å². The first-order chi connectivity index (χ1) is 11.6. The maximum Gasteiger partial charge on any atom is 0.226 e. The molecule has 1 heterocycles. The van der Waals surface area contributed by atoms with Gasteiger partial charge in [-0.1, -0.05) is 37.3 Å². The molecule has 1 N–H and O–H groups in total. The quantitative estimate of drug-likeness (QED) is 0.901. The van der Waals surface area contributed by atoms with Gasteiger partial charge in [0.15, 0.2) is 0 Å². The minimum absolute atomic E-state index is 0.0818. The standard InChI is InChI=1S/C20H28N2O2/c1-3-14(2)21-19(23)17-11-12-18(15-7-5-4-6-8-15)22(13-17)20(24)16-9-10-16/h4-8,14,16-18H,3,9-13H2,1-2H3,(H,21,23). The maximum absolute atomic E-state index is 12.8. The van der Waals surface area contributed by atoms with Crippen molar-refractivity contribution in [1.29, 1.82) is 0 Å². The summed E-state index contributed by atoms with van der Waals surface area (Å²) in [6.07, 6.45) is 4.63. The van der Waals surface area contributed by atoms with E-state index in [0.29, 0.717) is 6.54 Å². The first-order valence-electron chi connectivity index (χ1n) is 9.26. The highest BCUT2D eigenvalue weighted by Crippen LogP contribution is 2.39. The lowest BCUT2D eigenvalue weighted by atomic mass is 9.88. The van der Waals surface area contributed by atoms with Crippen molar-refractivity contribution in [2.75, 3.05) is 6.54 Å². The lowest BCUT2D eigenvalue weighted by molar-refractivity contribution is -0.140. The van der Waals surface area contributed by atoms with Crippen LogP contribution < -0.4 is 5.32 Å². The fraction of sp³-hybridized carbons (Fsp3) is 0.600. The van der Waals surface area contributed by atoms with Gasteiger partial charge in [0.05, 0.1) is 12.0 Å². The van der Waals surface area contributed by atoms with Crippen LogP contribution in [0.4, 0.5) is 0 Å². The molecule has 1 aliphatic heterocycles. The monoisotopic (exact) mass is 328 g/mol. The number of nitrogens with zero attached hydrogens (tertiary/aromatic N) is 1. The minimum atomic E-state index is -0.0818. The predicted octanol–water partition coefficient (Wildman–Crippen LogP) is 3.29. The molecule has 3 atom stereocenters. The molecule has 0 bridgehead atoms. The number of carbonyl (C=O) groups is 2. The van der Waals surface area contributed by atoms with E-state index in [9.17, 15) is 9.59 Å². The number of likely N-dealkylation sites (tertiary alicyclic amines) is 1. The van der Waals surface area contributed by atoms with Crippen molar-refractivity contribution in [1.82, 2.24) is 10.2 Å². The third-order valence-corrected chi connectivity index (χ3v) is 5.35. The van der Waals surface area contributed by atoms with Crippen LogP contribution in [0.3, 0.4) is 0 Å². The molecular formula is C20H28N2O2. The van der Waals surface area contributed by atoms with E-state index in [0.717, 1.165) is 32.1 Å². The summed E-state index contributed by atoms with van der Waals surface area (Å²) in [6, 6.07) is 10.5. The Bertz CT molecular complexity index is 583. The van der Waals surface area contributed by atoms with Gasteiger partial charge >= 0.3 is 0 Å². The molecule has 0 aromatic heterocycles. The molecule has 1 saturated heterocycles. The topological polar surface area (TPSA) is 49.4 Å². The van der Waals surface area contributed by atoms with Gasteiger partial charge in [-0.25, -0.2) is 0 Å². The van der Waals surface area contributed by atoms with Crippen molar-refractivity contribution in [3.63, 3.8) is 0 Å². The molecule has 3 unspecified atom stereocenters. The third kappa shape index (κ3) is 3.80. The zero-order valence-corrected chi connectivity index (χ0v) is 14.7. The lowest BCUT2D eigenvalue weighted by Crippen LogP contribution is -2.48. The molecule has 0 radical (unpaired) electrons. The van der Waals surface area contributed by atoms with Crippen molar-refractivity contribution in [2.45, 2.75) is 58.0 Å². The Morgan fingerprint density at radius 2 is 1.79 bits per heavy atom. The van der Waals surface area contributed by atoms with Crippen molar-refractivity contribution in [3.05, 3.63) is 35.9 Å². The molecule has 0 spiro atoms. The molecule has 130 valence electrons. The Hall–Kier alpha value is -1.84.